The lowest BCUT2D eigenvalue weighted by molar-refractivity contribution is -0.308. The third kappa shape index (κ3) is 4.46. The minimum atomic E-state index is -1.34. The minimum absolute atomic E-state index is 0.193. The lowest BCUT2D eigenvalue weighted by Gasteiger charge is -2.19. The first-order valence-electron chi connectivity index (χ1n) is 11.3. The summed E-state index contributed by atoms with van der Waals surface area (Å²) in [6.45, 7) is 5.58. The second-order valence-corrected chi connectivity index (χ2v) is 8.50. The van der Waals surface area contributed by atoms with Crippen LogP contribution in [0.5, 0.6) is 0 Å². The van der Waals surface area contributed by atoms with Crippen LogP contribution in [0.3, 0.4) is 0 Å². The second-order valence-electron chi connectivity index (χ2n) is 8.50. The number of rotatable bonds is 8. The van der Waals surface area contributed by atoms with Gasteiger partial charge in [0.25, 0.3) is 0 Å². The Labute approximate surface area is 196 Å². The number of carbonyl (C=O) groups excluding carboxylic acids is 2. The van der Waals surface area contributed by atoms with Crippen molar-refractivity contribution < 1.29 is 23.5 Å². The number of hydrogen-bond acceptors (Lipinski definition) is 6. The summed E-state index contributed by atoms with van der Waals surface area (Å²) < 4.78 is 11.5. The summed E-state index contributed by atoms with van der Waals surface area (Å²) in [6, 6.07) is 12.4. The molecule has 7 heteroatoms. The predicted molar refractivity (Wildman–Crippen MR) is 127 cm³/mol. The number of aliphatic carboxylic acids is 1. The number of benzene rings is 2. The zero-order valence-electron chi connectivity index (χ0n) is 19.4. The summed E-state index contributed by atoms with van der Waals surface area (Å²) in [5.74, 6) is -1.16. The lowest BCUT2D eigenvalue weighted by atomic mass is 9.98. The maximum atomic E-state index is 12.7. The van der Waals surface area contributed by atoms with E-state index in [-0.39, 0.29) is 18.4 Å². The molecule has 7 nitrogen and oxygen atoms in total. The van der Waals surface area contributed by atoms with Crippen LogP contribution in [-0.4, -0.2) is 17.9 Å². The van der Waals surface area contributed by atoms with Gasteiger partial charge in [-0.2, -0.15) is 0 Å². The molecule has 0 spiro atoms. The van der Waals surface area contributed by atoms with E-state index in [2.05, 4.69) is 5.32 Å². The summed E-state index contributed by atoms with van der Waals surface area (Å²) in [5.41, 5.74) is 3.10. The van der Waals surface area contributed by atoms with Crippen molar-refractivity contribution in [2.75, 3.05) is 0 Å². The first-order chi connectivity index (χ1) is 16.3. The Balaban J connectivity index is 1.74. The van der Waals surface area contributed by atoms with E-state index in [1.165, 1.54) is 0 Å². The van der Waals surface area contributed by atoms with E-state index in [1.807, 2.05) is 50.2 Å². The third-order valence-electron chi connectivity index (χ3n) is 6.14. The molecule has 2 aromatic carbocycles. The van der Waals surface area contributed by atoms with Crippen molar-refractivity contribution in [3.63, 3.8) is 0 Å². The molecule has 0 bridgehead atoms. The Morgan fingerprint density at radius 3 is 2.41 bits per heavy atom. The smallest absolute Gasteiger partial charge is 0.340 e. The maximum absolute atomic E-state index is 12.7. The molecule has 0 unspecified atom stereocenters. The van der Waals surface area contributed by atoms with E-state index >= 15 is 0 Å². The van der Waals surface area contributed by atoms with Crippen LogP contribution in [0.2, 0.25) is 0 Å². The fraction of sp³-hybridized carbons (Fsp3) is 0.296. The Kier molecular flexibility index (Phi) is 6.54. The number of carboxylic acids is 1. The standard InChI is InChI=1S/C27H27NO6/c1-4-5-11-21(26(30)31)28-24(29)13-19-15(2)18-12-20-23(14-22(18)34-27(19)32)33-16(3)25(20)17-9-7-6-8-10-17/h6-10,12,14,21H,4-5,11,13H2,1-3H3,(H,28,29)(H,30,31)/p-1/t21-/m1/s1. The normalized spacial score (nSPS) is 12.2. The van der Waals surface area contributed by atoms with Crippen LogP contribution in [0.4, 0.5) is 0 Å². The van der Waals surface area contributed by atoms with E-state index in [0.717, 1.165) is 28.7 Å². The first-order valence-corrected chi connectivity index (χ1v) is 11.3. The second kappa shape index (κ2) is 9.55. The molecule has 0 saturated carbocycles. The molecule has 1 atom stereocenters. The number of nitrogens with one attached hydrogen (secondary N) is 1. The van der Waals surface area contributed by atoms with E-state index in [1.54, 1.807) is 13.0 Å². The molecule has 2 heterocycles. The number of carboxylic acid groups (broad SMARTS) is 1. The van der Waals surface area contributed by atoms with Gasteiger partial charge in [0.1, 0.15) is 16.9 Å². The number of hydrogen-bond donors (Lipinski definition) is 1. The van der Waals surface area contributed by atoms with Gasteiger partial charge in [0, 0.05) is 22.4 Å². The average molecular weight is 461 g/mol. The highest BCUT2D eigenvalue weighted by molar-refractivity contribution is 6.03. The van der Waals surface area contributed by atoms with Gasteiger partial charge < -0.3 is 24.1 Å². The number of furan rings is 1. The van der Waals surface area contributed by atoms with Gasteiger partial charge in [-0.05, 0) is 37.5 Å². The summed E-state index contributed by atoms with van der Waals surface area (Å²) in [7, 11) is 0. The molecular formula is C27H26NO6-. The SMILES string of the molecule is CCCC[C@@H](NC(=O)Cc1c(C)c2cc3c(-c4ccccc4)c(C)oc3cc2oc1=O)C(=O)[O-]. The van der Waals surface area contributed by atoms with Gasteiger partial charge in [-0.3, -0.25) is 4.79 Å². The Bertz CT molecular complexity index is 1430. The molecular weight excluding hydrogens is 434 g/mol. The summed E-state index contributed by atoms with van der Waals surface area (Å²) in [5, 5.41) is 15.4. The van der Waals surface area contributed by atoms with Gasteiger partial charge in [0.2, 0.25) is 5.91 Å². The van der Waals surface area contributed by atoms with Crippen molar-refractivity contribution in [2.45, 2.75) is 52.5 Å². The van der Waals surface area contributed by atoms with Crippen molar-refractivity contribution in [2.24, 2.45) is 0 Å². The van der Waals surface area contributed by atoms with Crippen LogP contribution in [0, 0.1) is 13.8 Å². The van der Waals surface area contributed by atoms with Crippen LogP contribution in [0.1, 0.15) is 43.1 Å². The topological polar surface area (TPSA) is 113 Å². The number of fused-ring (bicyclic) bond motifs is 2. The van der Waals surface area contributed by atoms with Gasteiger partial charge in [-0.15, -0.1) is 0 Å². The van der Waals surface area contributed by atoms with Crippen molar-refractivity contribution in [3.8, 4) is 11.1 Å². The molecule has 0 aliphatic carbocycles. The Morgan fingerprint density at radius 1 is 1.03 bits per heavy atom. The quantitative estimate of drug-likeness (QED) is 0.400. The van der Waals surface area contributed by atoms with Crippen LogP contribution in [-0.2, 0) is 16.0 Å². The fourth-order valence-corrected chi connectivity index (χ4v) is 4.33. The predicted octanol–water partition coefficient (Wildman–Crippen LogP) is 3.79. The lowest BCUT2D eigenvalue weighted by Crippen LogP contribution is -2.48. The molecule has 1 N–H and O–H groups in total. The average Bonchev–Trinajstić information content (AvgIpc) is 3.13. The van der Waals surface area contributed by atoms with Crippen LogP contribution >= 0.6 is 0 Å². The molecule has 2 aromatic heterocycles. The molecule has 0 fully saturated rings. The molecule has 0 radical (unpaired) electrons. The molecule has 4 rings (SSSR count). The highest BCUT2D eigenvalue weighted by Gasteiger charge is 2.20. The summed E-state index contributed by atoms with van der Waals surface area (Å²) in [6.07, 6.45) is 1.42. The molecule has 0 aliphatic heterocycles. The van der Waals surface area contributed by atoms with Gasteiger partial charge in [0.15, 0.2) is 0 Å². The van der Waals surface area contributed by atoms with Crippen molar-refractivity contribution in [3.05, 3.63) is 69.8 Å². The maximum Gasteiger partial charge on any atom is 0.340 e. The third-order valence-corrected chi connectivity index (χ3v) is 6.14. The number of carbonyl (C=O) groups is 2. The van der Waals surface area contributed by atoms with Crippen molar-refractivity contribution in [1.82, 2.24) is 5.32 Å². The van der Waals surface area contributed by atoms with Crippen molar-refractivity contribution in [1.29, 1.82) is 0 Å². The van der Waals surface area contributed by atoms with Gasteiger partial charge in [0.05, 0.1) is 24.0 Å². The van der Waals surface area contributed by atoms with Crippen molar-refractivity contribution >= 4 is 33.8 Å². The summed E-state index contributed by atoms with van der Waals surface area (Å²) in [4.78, 5) is 36.7. The highest BCUT2D eigenvalue weighted by atomic mass is 16.4. The molecule has 1 amide bonds. The molecule has 34 heavy (non-hydrogen) atoms. The van der Waals surface area contributed by atoms with Gasteiger partial charge >= 0.3 is 5.63 Å². The minimum Gasteiger partial charge on any atom is -0.548 e. The van der Waals surface area contributed by atoms with E-state index in [9.17, 15) is 19.5 Å². The molecule has 0 saturated heterocycles. The number of unbranched alkanes of at least 4 members (excludes halogenated alkanes) is 1. The molecule has 176 valence electrons. The highest BCUT2D eigenvalue weighted by Crippen LogP contribution is 2.37. The zero-order valence-corrected chi connectivity index (χ0v) is 19.4. The summed E-state index contributed by atoms with van der Waals surface area (Å²) >= 11 is 0. The zero-order chi connectivity index (χ0) is 24.4. The van der Waals surface area contributed by atoms with Crippen LogP contribution < -0.4 is 16.0 Å². The Morgan fingerprint density at radius 2 is 1.74 bits per heavy atom. The van der Waals surface area contributed by atoms with E-state index in [0.29, 0.717) is 28.5 Å². The van der Waals surface area contributed by atoms with E-state index in [4.69, 9.17) is 8.83 Å². The molecule has 0 aliphatic rings. The monoisotopic (exact) mass is 460 g/mol. The largest absolute Gasteiger partial charge is 0.548 e. The van der Waals surface area contributed by atoms with Gasteiger partial charge in [-0.1, -0.05) is 50.1 Å². The first kappa shape index (κ1) is 23.3. The number of aryl methyl sites for hydroxylation is 2. The van der Waals surface area contributed by atoms with Gasteiger partial charge in [-0.25, -0.2) is 4.79 Å². The molecule has 4 aromatic rings. The Hall–Kier alpha value is -3.87. The van der Waals surface area contributed by atoms with Crippen LogP contribution in [0.15, 0.2) is 56.1 Å². The van der Waals surface area contributed by atoms with Crippen LogP contribution in [0.25, 0.3) is 33.1 Å². The van der Waals surface area contributed by atoms with E-state index < -0.39 is 23.5 Å². The fourth-order valence-electron chi connectivity index (χ4n) is 4.33. The number of amides is 1.